The molecule has 0 saturated heterocycles. The minimum absolute atomic E-state index is 0.440. The highest BCUT2D eigenvalue weighted by atomic mass is 35.5. The Bertz CT molecular complexity index is 249. The van der Waals surface area contributed by atoms with E-state index in [2.05, 4.69) is 6.58 Å². The molecule has 0 aromatic carbocycles. The van der Waals surface area contributed by atoms with Gasteiger partial charge in [0.2, 0.25) is 0 Å². The standard InChI is InChI=1S/C11H17ClO/c1-6-8(2)11(13-5)10(4)9(3)7-12/h6H,3,7H2,1-2,4-5H3/b8-6-,11-10+. The van der Waals surface area contributed by atoms with Gasteiger partial charge < -0.3 is 4.74 Å². The molecule has 0 spiro atoms. The summed E-state index contributed by atoms with van der Waals surface area (Å²) < 4.78 is 5.28. The summed E-state index contributed by atoms with van der Waals surface area (Å²) in [6.07, 6.45) is 2.00. The predicted molar refractivity (Wildman–Crippen MR) is 59.0 cm³/mol. The Morgan fingerprint density at radius 2 is 2.00 bits per heavy atom. The Kier molecular flexibility index (Phi) is 5.56. The molecule has 0 aromatic heterocycles. The first-order valence-electron chi connectivity index (χ1n) is 4.20. The highest BCUT2D eigenvalue weighted by Crippen LogP contribution is 2.20. The number of ether oxygens (including phenoxy) is 1. The van der Waals surface area contributed by atoms with E-state index in [0.29, 0.717) is 5.88 Å². The second-order valence-electron chi connectivity index (χ2n) is 2.87. The molecule has 1 nitrogen and oxygen atoms in total. The summed E-state index contributed by atoms with van der Waals surface area (Å²) in [4.78, 5) is 0. The molecular weight excluding hydrogens is 184 g/mol. The number of halogens is 1. The molecule has 0 atom stereocenters. The highest BCUT2D eigenvalue weighted by molar-refractivity contribution is 6.19. The van der Waals surface area contributed by atoms with E-state index in [1.165, 1.54) is 0 Å². The molecule has 0 fully saturated rings. The number of allylic oxidation sites excluding steroid dienone is 4. The van der Waals surface area contributed by atoms with Crippen LogP contribution in [0.1, 0.15) is 20.8 Å². The molecule has 0 N–H and O–H groups in total. The van der Waals surface area contributed by atoms with Crippen molar-refractivity contribution < 1.29 is 4.74 Å². The third-order valence-corrected chi connectivity index (χ3v) is 2.35. The first-order chi connectivity index (χ1) is 6.08. The number of alkyl halides is 1. The van der Waals surface area contributed by atoms with Crippen LogP contribution >= 0.6 is 11.6 Å². The van der Waals surface area contributed by atoms with Crippen molar-refractivity contribution in [3.05, 3.63) is 35.1 Å². The lowest BCUT2D eigenvalue weighted by molar-refractivity contribution is 0.297. The Balaban J connectivity index is 5.01. The van der Waals surface area contributed by atoms with Crippen molar-refractivity contribution in [1.29, 1.82) is 0 Å². The molecule has 13 heavy (non-hydrogen) atoms. The second kappa shape index (κ2) is 5.87. The van der Waals surface area contributed by atoms with Gasteiger partial charge in [0.1, 0.15) is 5.76 Å². The van der Waals surface area contributed by atoms with Crippen LogP contribution in [0.15, 0.2) is 35.1 Å². The molecule has 74 valence electrons. The third-order valence-electron chi connectivity index (χ3n) is 2.03. The number of methoxy groups -OCH3 is 1. The molecule has 0 heterocycles. The molecule has 0 bridgehead atoms. The second-order valence-corrected chi connectivity index (χ2v) is 3.13. The van der Waals surface area contributed by atoms with Gasteiger partial charge in [-0.2, -0.15) is 0 Å². The van der Waals surface area contributed by atoms with Gasteiger partial charge in [-0.15, -0.1) is 11.6 Å². The number of hydrogen-bond donors (Lipinski definition) is 0. The number of hydrogen-bond acceptors (Lipinski definition) is 1. The Hall–Kier alpha value is -0.690. The van der Waals surface area contributed by atoms with Gasteiger partial charge in [0, 0.05) is 5.88 Å². The van der Waals surface area contributed by atoms with Gasteiger partial charge in [0.05, 0.1) is 7.11 Å². The molecule has 0 rings (SSSR count). The molecule has 0 aliphatic rings. The molecule has 0 aliphatic carbocycles. The van der Waals surface area contributed by atoms with Crippen molar-refractivity contribution >= 4 is 11.6 Å². The third kappa shape index (κ3) is 3.27. The van der Waals surface area contributed by atoms with E-state index in [-0.39, 0.29) is 0 Å². The maximum atomic E-state index is 5.69. The maximum absolute atomic E-state index is 5.69. The van der Waals surface area contributed by atoms with Crippen LogP contribution in [-0.4, -0.2) is 13.0 Å². The lowest BCUT2D eigenvalue weighted by Crippen LogP contribution is -1.97. The van der Waals surface area contributed by atoms with Gasteiger partial charge in [0.25, 0.3) is 0 Å². The van der Waals surface area contributed by atoms with Crippen LogP contribution in [0.5, 0.6) is 0 Å². The fraction of sp³-hybridized carbons (Fsp3) is 0.455. The summed E-state index contributed by atoms with van der Waals surface area (Å²) in [5, 5.41) is 0. The quantitative estimate of drug-likeness (QED) is 0.382. The van der Waals surface area contributed by atoms with Crippen LogP contribution in [-0.2, 0) is 4.74 Å². The van der Waals surface area contributed by atoms with Crippen molar-refractivity contribution in [2.75, 3.05) is 13.0 Å². The monoisotopic (exact) mass is 200 g/mol. The van der Waals surface area contributed by atoms with Crippen LogP contribution < -0.4 is 0 Å². The number of rotatable bonds is 4. The summed E-state index contributed by atoms with van der Waals surface area (Å²) in [6.45, 7) is 9.81. The molecule has 0 unspecified atom stereocenters. The average Bonchev–Trinajstić information content (AvgIpc) is 2.17. The van der Waals surface area contributed by atoms with Gasteiger partial charge in [-0.05, 0) is 37.5 Å². The summed E-state index contributed by atoms with van der Waals surface area (Å²) in [5.74, 6) is 1.31. The Labute approximate surface area is 85.7 Å². The molecule has 0 saturated carbocycles. The van der Waals surface area contributed by atoms with E-state index in [0.717, 1.165) is 22.5 Å². The van der Waals surface area contributed by atoms with Crippen LogP contribution in [0, 0.1) is 0 Å². The van der Waals surface area contributed by atoms with Crippen molar-refractivity contribution in [3.8, 4) is 0 Å². The van der Waals surface area contributed by atoms with Crippen molar-refractivity contribution in [1.82, 2.24) is 0 Å². The highest BCUT2D eigenvalue weighted by Gasteiger charge is 2.06. The van der Waals surface area contributed by atoms with Crippen LogP contribution in [0.4, 0.5) is 0 Å². The van der Waals surface area contributed by atoms with E-state index in [1.807, 2.05) is 26.8 Å². The normalized spacial score (nSPS) is 13.8. The van der Waals surface area contributed by atoms with E-state index < -0.39 is 0 Å². The van der Waals surface area contributed by atoms with Gasteiger partial charge in [-0.3, -0.25) is 0 Å². The van der Waals surface area contributed by atoms with E-state index in [1.54, 1.807) is 7.11 Å². The van der Waals surface area contributed by atoms with Crippen LogP contribution in [0.25, 0.3) is 0 Å². The molecule has 0 aromatic rings. The molecule has 2 heteroatoms. The predicted octanol–water partition coefficient (Wildman–Crippen LogP) is 3.67. The average molecular weight is 201 g/mol. The first-order valence-corrected chi connectivity index (χ1v) is 4.74. The van der Waals surface area contributed by atoms with Gasteiger partial charge in [-0.1, -0.05) is 12.7 Å². The fourth-order valence-electron chi connectivity index (χ4n) is 1.00. The molecular formula is C11H17ClO. The SMILES string of the molecule is C=C(CCl)/C(C)=C(OC)\C(C)=C/C. The van der Waals surface area contributed by atoms with Crippen molar-refractivity contribution in [2.45, 2.75) is 20.8 Å². The summed E-state index contributed by atoms with van der Waals surface area (Å²) in [7, 11) is 1.66. The van der Waals surface area contributed by atoms with Crippen molar-refractivity contribution in [3.63, 3.8) is 0 Å². The van der Waals surface area contributed by atoms with Gasteiger partial charge in [-0.25, -0.2) is 0 Å². The molecule has 0 amide bonds. The maximum Gasteiger partial charge on any atom is 0.124 e. The Morgan fingerprint density at radius 1 is 1.46 bits per heavy atom. The fourth-order valence-corrected chi connectivity index (χ4v) is 1.20. The van der Waals surface area contributed by atoms with Crippen LogP contribution in [0.3, 0.4) is 0 Å². The van der Waals surface area contributed by atoms with E-state index in [9.17, 15) is 0 Å². The summed E-state index contributed by atoms with van der Waals surface area (Å²) in [6, 6.07) is 0. The zero-order valence-electron chi connectivity index (χ0n) is 8.78. The minimum atomic E-state index is 0.440. The first kappa shape index (κ1) is 12.3. The molecule has 0 aliphatic heterocycles. The zero-order chi connectivity index (χ0) is 10.4. The lowest BCUT2D eigenvalue weighted by Gasteiger charge is -2.11. The van der Waals surface area contributed by atoms with E-state index in [4.69, 9.17) is 16.3 Å². The zero-order valence-corrected chi connectivity index (χ0v) is 9.53. The smallest absolute Gasteiger partial charge is 0.124 e. The minimum Gasteiger partial charge on any atom is -0.496 e. The van der Waals surface area contributed by atoms with Gasteiger partial charge in [0.15, 0.2) is 0 Å². The van der Waals surface area contributed by atoms with Crippen molar-refractivity contribution in [2.24, 2.45) is 0 Å². The van der Waals surface area contributed by atoms with Crippen LogP contribution in [0.2, 0.25) is 0 Å². The summed E-state index contributed by atoms with van der Waals surface area (Å²) in [5.41, 5.74) is 3.03. The van der Waals surface area contributed by atoms with E-state index >= 15 is 0 Å². The Morgan fingerprint density at radius 3 is 2.31 bits per heavy atom. The molecule has 0 radical (unpaired) electrons. The lowest BCUT2D eigenvalue weighted by atomic mass is 10.1. The largest absolute Gasteiger partial charge is 0.496 e. The van der Waals surface area contributed by atoms with Gasteiger partial charge >= 0.3 is 0 Å². The topological polar surface area (TPSA) is 9.23 Å². The summed E-state index contributed by atoms with van der Waals surface area (Å²) >= 11 is 5.69.